The molecule has 1 N–H and O–H groups in total. The Morgan fingerprint density at radius 2 is 2.18 bits per heavy atom. The van der Waals surface area contributed by atoms with Gasteiger partial charge in [-0.25, -0.2) is 0 Å². The van der Waals surface area contributed by atoms with Gasteiger partial charge in [-0.3, -0.25) is 0 Å². The Morgan fingerprint density at radius 3 is 2.88 bits per heavy atom. The fraction of sp³-hybridized carbons (Fsp3) is 0.600. The lowest BCUT2D eigenvalue weighted by Gasteiger charge is -2.30. The number of anilines is 1. The Bertz CT molecular complexity index is 355. The van der Waals surface area contributed by atoms with Crippen LogP contribution in [-0.2, 0) is 0 Å². The van der Waals surface area contributed by atoms with Gasteiger partial charge in [-0.2, -0.15) is 0 Å². The lowest BCUT2D eigenvalue weighted by molar-refractivity contribution is 0.327. The van der Waals surface area contributed by atoms with Crippen molar-refractivity contribution in [3.05, 3.63) is 28.8 Å². The maximum Gasteiger partial charge on any atom is 0.0640 e. The number of aryl methyl sites for hydroxylation is 1. The Labute approximate surface area is 110 Å². The predicted octanol–water partition coefficient (Wildman–Crippen LogP) is 5.03. The molecule has 0 aromatic heterocycles. The van der Waals surface area contributed by atoms with E-state index in [1.54, 1.807) is 0 Å². The molecule has 2 heteroatoms. The average molecular weight is 252 g/mol. The van der Waals surface area contributed by atoms with Gasteiger partial charge in [-0.1, -0.05) is 49.9 Å². The Hall–Kier alpha value is -0.690. The van der Waals surface area contributed by atoms with E-state index in [1.165, 1.54) is 37.7 Å². The minimum atomic E-state index is 0.604. The van der Waals surface area contributed by atoms with Crippen LogP contribution in [0.2, 0.25) is 5.02 Å². The molecule has 1 aliphatic rings. The highest BCUT2D eigenvalue weighted by Gasteiger charge is 2.21. The largest absolute Gasteiger partial charge is 0.381 e. The van der Waals surface area contributed by atoms with Crippen LogP contribution in [0.15, 0.2) is 18.2 Å². The van der Waals surface area contributed by atoms with Crippen LogP contribution in [0.3, 0.4) is 0 Å². The molecule has 1 aromatic carbocycles. The highest BCUT2D eigenvalue weighted by atomic mass is 35.5. The first kappa shape index (κ1) is 12.8. The lowest BCUT2D eigenvalue weighted by atomic mass is 9.84. The molecule has 2 rings (SSSR count). The maximum atomic E-state index is 6.26. The van der Waals surface area contributed by atoms with E-state index >= 15 is 0 Å². The summed E-state index contributed by atoms with van der Waals surface area (Å²) in [6.07, 6.45) is 6.62. The second kappa shape index (κ2) is 5.77. The molecule has 0 saturated heterocycles. The highest BCUT2D eigenvalue weighted by Crippen LogP contribution is 2.32. The summed E-state index contributed by atoms with van der Waals surface area (Å²) < 4.78 is 0. The van der Waals surface area contributed by atoms with E-state index in [9.17, 15) is 0 Å². The number of nitrogens with one attached hydrogen (secondary N) is 1. The number of hydrogen-bond donors (Lipinski definition) is 1. The molecule has 1 nitrogen and oxygen atoms in total. The molecular formula is C15H22ClN. The quantitative estimate of drug-likeness (QED) is 0.795. The van der Waals surface area contributed by atoms with Gasteiger partial charge in [0.25, 0.3) is 0 Å². The summed E-state index contributed by atoms with van der Waals surface area (Å²) in [5.41, 5.74) is 2.38. The zero-order valence-electron chi connectivity index (χ0n) is 10.8. The topological polar surface area (TPSA) is 12.0 Å². The summed E-state index contributed by atoms with van der Waals surface area (Å²) in [5.74, 6) is 0.893. The number of para-hydroxylation sites is 1. The summed E-state index contributed by atoms with van der Waals surface area (Å²) in [4.78, 5) is 0. The van der Waals surface area contributed by atoms with Gasteiger partial charge in [0.2, 0.25) is 0 Å². The molecule has 0 amide bonds. The normalized spacial score (nSPS) is 24.6. The van der Waals surface area contributed by atoms with E-state index in [0.29, 0.717) is 6.04 Å². The third-order valence-corrected chi connectivity index (χ3v) is 4.25. The van der Waals surface area contributed by atoms with Gasteiger partial charge in [0.1, 0.15) is 0 Å². The van der Waals surface area contributed by atoms with E-state index in [4.69, 9.17) is 11.6 Å². The first-order valence-corrected chi connectivity index (χ1v) is 7.10. The smallest absolute Gasteiger partial charge is 0.0640 e. The monoisotopic (exact) mass is 251 g/mol. The molecule has 1 saturated carbocycles. The number of hydrogen-bond acceptors (Lipinski definition) is 1. The third-order valence-electron chi connectivity index (χ3n) is 3.93. The van der Waals surface area contributed by atoms with Crippen LogP contribution >= 0.6 is 11.6 Å². The summed E-state index contributed by atoms with van der Waals surface area (Å²) in [7, 11) is 0. The van der Waals surface area contributed by atoms with Crippen molar-refractivity contribution in [1.82, 2.24) is 0 Å². The zero-order chi connectivity index (χ0) is 12.3. The Morgan fingerprint density at radius 1 is 1.35 bits per heavy atom. The molecule has 17 heavy (non-hydrogen) atoms. The molecule has 1 fully saturated rings. The molecule has 0 bridgehead atoms. The van der Waals surface area contributed by atoms with Crippen molar-refractivity contribution in [3.63, 3.8) is 0 Å². The number of rotatable bonds is 3. The van der Waals surface area contributed by atoms with Crippen molar-refractivity contribution >= 4 is 17.3 Å². The molecule has 1 aliphatic carbocycles. The van der Waals surface area contributed by atoms with Gasteiger partial charge in [0.05, 0.1) is 10.7 Å². The Balaban J connectivity index is 2.05. The standard InChI is InChI=1S/C15H22ClN/c1-3-12-7-5-8-13(10-12)17-15-11(2)6-4-9-14(15)16/h4,6,9,12-13,17H,3,5,7-8,10H2,1-2H3. The van der Waals surface area contributed by atoms with Crippen LogP contribution in [0.5, 0.6) is 0 Å². The van der Waals surface area contributed by atoms with E-state index in [1.807, 2.05) is 12.1 Å². The van der Waals surface area contributed by atoms with Crippen LogP contribution in [0.4, 0.5) is 5.69 Å². The summed E-state index contributed by atoms with van der Waals surface area (Å²) >= 11 is 6.26. The van der Waals surface area contributed by atoms with Crippen molar-refractivity contribution in [1.29, 1.82) is 0 Å². The van der Waals surface area contributed by atoms with Gasteiger partial charge >= 0.3 is 0 Å². The third kappa shape index (κ3) is 3.16. The van der Waals surface area contributed by atoms with Crippen LogP contribution in [0, 0.1) is 12.8 Å². The van der Waals surface area contributed by atoms with Crippen molar-refractivity contribution < 1.29 is 0 Å². The highest BCUT2D eigenvalue weighted by molar-refractivity contribution is 6.33. The minimum absolute atomic E-state index is 0.604. The van der Waals surface area contributed by atoms with Crippen molar-refractivity contribution in [2.75, 3.05) is 5.32 Å². The SMILES string of the molecule is CCC1CCCC(Nc2c(C)cccc2Cl)C1. The molecule has 94 valence electrons. The van der Waals surface area contributed by atoms with Crippen LogP contribution in [0.25, 0.3) is 0 Å². The fourth-order valence-electron chi connectivity index (χ4n) is 2.81. The van der Waals surface area contributed by atoms with E-state index < -0.39 is 0 Å². The van der Waals surface area contributed by atoms with Crippen molar-refractivity contribution in [2.24, 2.45) is 5.92 Å². The molecule has 2 unspecified atom stereocenters. The van der Waals surface area contributed by atoms with Crippen molar-refractivity contribution in [2.45, 2.75) is 52.0 Å². The van der Waals surface area contributed by atoms with Gasteiger partial charge < -0.3 is 5.32 Å². The van der Waals surface area contributed by atoms with Crippen LogP contribution in [-0.4, -0.2) is 6.04 Å². The van der Waals surface area contributed by atoms with E-state index in [0.717, 1.165) is 16.6 Å². The number of benzene rings is 1. The summed E-state index contributed by atoms with van der Waals surface area (Å²) in [6.45, 7) is 4.42. The molecule has 1 aromatic rings. The van der Waals surface area contributed by atoms with Crippen molar-refractivity contribution in [3.8, 4) is 0 Å². The zero-order valence-corrected chi connectivity index (χ0v) is 11.6. The second-order valence-corrected chi connectivity index (χ2v) is 5.62. The average Bonchev–Trinajstić information content (AvgIpc) is 2.34. The van der Waals surface area contributed by atoms with Gasteiger partial charge in [-0.05, 0) is 37.3 Å². The van der Waals surface area contributed by atoms with E-state index in [2.05, 4.69) is 25.2 Å². The lowest BCUT2D eigenvalue weighted by Crippen LogP contribution is -2.27. The summed E-state index contributed by atoms with van der Waals surface area (Å²) in [6, 6.07) is 6.71. The molecule has 0 spiro atoms. The molecular weight excluding hydrogens is 230 g/mol. The Kier molecular flexibility index (Phi) is 4.33. The van der Waals surface area contributed by atoms with E-state index in [-0.39, 0.29) is 0 Å². The minimum Gasteiger partial charge on any atom is -0.381 e. The predicted molar refractivity (Wildman–Crippen MR) is 75.8 cm³/mol. The molecule has 2 atom stereocenters. The molecule has 0 aliphatic heterocycles. The fourth-order valence-corrected chi connectivity index (χ4v) is 3.09. The maximum absolute atomic E-state index is 6.26. The van der Waals surface area contributed by atoms with Gasteiger partial charge in [0.15, 0.2) is 0 Å². The first-order valence-electron chi connectivity index (χ1n) is 6.72. The summed E-state index contributed by atoms with van der Waals surface area (Å²) in [5, 5.41) is 4.50. The number of halogens is 1. The second-order valence-electron chi connectivity index (χ2n) is 5.21. The van der Waals surface area contributed by atoms with Crippen LogP contribution in [0.1, 0.15) is 44.6 Å². The van der Waals surface area contributed by atoms with Crippen LogP contribution < -0.4 is 5.32 Å². The van der Waals surface area contributed by atoms with Gasteiger partial charge in [0, 0.05) is 6.04 Å². The first-order chi connectivity index (χ1) is 8.20. The molecule has 0 heterocycles. The molecule has 0 radical (unpaired) electrons. The van der Waals surface area contributed by atoms with Gasteiger partial charge in [-0.15, -0.1) is 0 Å².